The summed E-state index contributed by atoms with van der Waals surface area (Å²) in [5.41, 5.74) is 0.617. The van der Waals surface area contributed by atoms with Gasteiger partial charge in [-0.2, -0.15) is 0 Å². The number of imide groups is 1. The highest BCUT2D eigenvalue weighted by Crippen LogP contribution is 2.36. The van der Waals surface area contributed by atoms with Crippen molar-refractivity contribution >= 4 is 17.8 Å². The Hall–Kier alpha value is -2.57. The molecule has 1 aromatic rings. The Morgan fingerprint density at radius 2 is 1.54 bits per heavy atom. The molecule has 1 unspecified atom stereocenters. The van der Waals surface area contributed by atoms with Crippen LogP contribution in [-0.4, -0.2) is 102 Å². The van der Waals surface area contributed by atoms with Crippen LogP contribution in [0.15, 0.2) is 6.20 Å². The van der Waals surface area contributed by atoms with E-state index in [1.54, 1.807) is 10.9 Å². The fraction of sp³-hybridized carbons (Fsp3) is 0.828. The number of likely N-dealkylation sites (tertiary alicyclic amines) is 2. The summed E-state index contributed by atoms with van der Waals surface area (Å²) in [6.07, 6.45) is 4.09. The molecule has 1 atom stereocenters. The van der Waals surface area contributed by atoms with E-state index in [1.165, 1.54) is 4.90 Å². The smallest absolute Gasteiger partial charge is 0.317 e. The van der Waals surface area contributed by atoms with Crippen LogP contribution >= 0.6 is 0 Å². The Kier molecular flexibility index (Phi) is 12.1. The SMILES string of the molecule is CC(C)(C)C1CCN(C(=O)NCCOCCOCCOCCn2cc(CN3C(=O)CC(C(C)(C)C)C3=O)nn2)CC1. The lowest BCUT2D eigenvalue weighted by Crippen LogP contribution is -2.46. The van der Waals surface area contributed by atoms with Crippen LogP contribution in [0, 0.1) is 22.7 Å². The minimum absolute atomic E-state index is 0.0116. The maximum atomic E-state index is 12.7. The number of rotatable bonds is 14. The lowest BCUT2D eigenvalue weighted by molar-refractivity contribution is -0.141. The first-order chi connectivity index (χ1) is 19.4. The fourth-order valence-corrected chi connectivity index (χ4v) is 5.20. The number of carbonyl (C=O) groups is 3. The van der Waals surface area contributed by atoms with Gasteiger partial charge in [0.1, 0.15) is 5.69 Å². The Morgan fingerprint density at radius 1 is 0.927 bits per heavy atom. The van der Waals surface area contributed by atoms with Gasteiger partial charge in [0.2, 0.25) is 11.8 Å². The first-order valence-corrected chi connectivity index (χ1v) is 14.9. The first-order valence-electron chi connectivity index (χ1n) is 14.9. The topological polar surface area (TPSA) is 128 Å². The Bertz CT molecular complexity index is 993. The summed E-state index contributed by atoms with van der Waals surface area (Å²) in [5, 5.41) is 11.1. The molecular formula is C29H50N6O6. The third-order valence-corrected chi connectivity index (χ3v) is 7.93. The predicted molar refractivity (Wildman–Crippen MR) is 153 cm³/mol. The van der Waals surface area contributed by atoms with Gasteiger partial charge in [-0.25, -0.2) is 9.48 Å². The molecule has 12 nitrogen and oxygen atoms in total. The summed E-state index contributed by atoms with van der Waals surface area (Å²) >= 11 is 0. The molecule has 1 N–H and O–H groups in total. The van der Waals surface area contributed by atoms with Gasteiger partial charge < -0.3 is 24.4 Å². The standard InChI is InChI=1S/C29H50N6O6/c1-28(2,3)22-7-10-33(11-8-22)27(38)30-9-13-39-15-17-41-18-16-40-14-12-34-20-23(31-32-34)21-35-25(36)19-24(26(35)37)29(4,5)6/h20,22,24H,7-19,21H2,1-6H3,(H,30,38). The van der Waals surface area contributed by atoms with E-state index in [9.17, 15) is 14.4 Å². The second-order valence-electron chi connectivity index (χ2n) is 13.1. The van der Waals surface area contributed by atoms with E-state index in [4.69, 9.17) is 14.2 Å². The molecule has 0 spiro atoms. The maximum Gasteiger partial charge on any atom is 0.317 e. The van der Waals surface area contributed by atoms with E-state index in [0.717, 1.165) is 25.9 Å². The number of carbonyl (C=O) groups excluding carboxylic acids is 3. The summed E-state index contributed by atoms with van der Waals surface area (Å²) in [7, 11) is 0. The highest BCUT2D eigenvalue weighted by Gasteiger charge is 2.44. The van der Waals surface area contributed by atoms with Gasteiger partial charge in [0, 0.05) is 26.1 Å². The Morgan fingerprint density at radius 3 is 2.12 bits per heavy atom. The predicted octanol–water partition coefficient (Wildman–Crippen LogP) is 2.72. The van der Waals surface area contributed by atoms with Crippen molar-refractivity contribution in [3.05, 3.63) is 11.9 Å². The summed E-state index contributed by atoms with van der Waals surface area (Å²) in [4.78, 5) is 40.5. The number of hydrogen-bond acceptors (Lipinski definition) is 8. The number of ether oxygens (including phenoxy) is 3. The molecule has 2 aliphatic heterocycles. The van der Waals surface area contributed by atoms with Crippen LogP contribution in [0.2, 0.25) is 0 Å². The highest BCUT2D eigenvalue weighted by atomic mass is 16.5. The average Bonchev–Trinajstić information content (AvgIpc) is 3.48. The van der Waals surface area contributed by atoms with Gasteiger partial charge in [-0.3, -0.25) is 14.5 Å². The van der Waals surface area contributed by atoms with Crippen LogP contribution in [0.3, 0.4) is 0 Å². The van der Waals surface area contributed by atoms with Crippen molar-refractivity contribution in [2.45, 2.75) is 73.9 Å². The molecule has 0 aliphatic carbocycles. The molecule has 232 valence electrons. The summed E-state index contributed by atoms with van der Waals surface area (Å²) in [6.45, 7) is 18.2. The van der Waals surface area contributed by atoms with E-state index >= 15 is 0 Å². The number of amides is 4. The lowest BCUT2D eigenvalue weighted by atomic mass is 9.75. The third-order valence-electron chi connectivity index (χ3n) is 7.93. The second kappa shape index (κ2) is 15.1. The van der Waals surface area contributed by atoms with E-state index in [1.807, 2.05) is 25.7 Å². The van der Waals surface area contributed by atoms with Crippen LogP contribution in [0.4, 0.5) is 4.79 Å². The zero-order valence-corrected chi connectivity index (χ0v) is 25.8. The molecule has 0 aromatic carbocycles. The summed E-state index contributed by atoms with van der Waals surface area (Å²) < 4.78 is 18.3. The molecule has 0 radical (unpaired) electrons. The molecule has 3 heterocycles. The molecule has 2 aliphatic rings. The molecule has 4 amide bonds. The Balaban J connectivity index is 1.15. The quantitative estimate of drug-likeness (QED) is 0.264. The molecule has 0 saturated carbocycles. The van der Waals surface area contributed by atoms with E-state index in [-0.39, 0.29) is 42.1 Å². The van der Waals surface area contributed by atoms with Crippen molar-refractivity contribution in [3.8, 4) is 0 Å². The van der Waals surface area contributed by atoms with Crippen LogP contribution in [0.25, 0.3) is 0 Å². The van der Waals surface area contributed by atoms with Gasteiger partial charge >= 0.3 is 6.03 Å². The normalized spacial score (nSPS) is 18.9. The number of nitrogens with zero attached hydrogens (tertiary/aromatic N) is 5. The first kappa shape index (κ1) is 32.9. The summed E-state index contributed by atoms with van der Waals surface area (Å²) in [5.74, 6) is 0.0653. The third kappa shape index (κ3) is 10.3. The van der Waals surface area contributed by atoms with Gasteiger partial charge in [-0.1, -0.05) is 46.8 Å². The van der Waals surface area contributed by atoms with Crippen LogP contribution in [-0.2, 0) is 36.9 Å². The van der Waals surface area contributed by atoms with Gasteiger partial charge in [0.15, 0.2) is 0 Å². The van der Waals surface area contributed by atoms with Crippen molar-refractivity contribution in [2.75, 3.05) is 59.3 Å². The molecule has 2 saturated heterocycles. The van der Waals surface area contributed by atoms with E-state index in [0.29, 0.717) is 69.8 Å². The lowest BCUT2D eigenvalue weighted by Gasteiger charge is -2.38. The van der Waals surface area contributed by atoms with E-state index < -0.39 is 0 Å². The molecule has 2 fully saturated rings. The molecule has 3 rings (SSSR count). The van der Waals surface area contributed by atoms with Crippen molar-refractivity contribution in [3.63, 3.8) is 0 Å². The number of aromatic nitrogens is 3. The van der Waals surface area contributed by atoms with Gasteiger partial charge in [0.25, 0.3) is 0 Å². The molecule has 12 heteroatoms. The summed E-state index contributed by atoms with van der Waals surface area (Å²) in [6, 6.07) is -0.0116. The van der Waals surface area contributed by atoms with Crippen LogP contribution in [0.1, 0.15) is 66.5 Å². The van der Waals surface area contributed by atoms with Crippen molar-refractivity contribution in [2.24, 2.45) is 22.7 Å². The molecule has 41 heavy (non-hydrogen) atoms. The van der Waals surface area contributed by atoms with Crippen molar-refractivity contribution in [1.82, 2.24) is 30.1 Å². The monoisotopic (exact) mass is 578 g/mol. The number of urea groups is 1. The van der Waals surface area contributed by atoms with Crippen molar-refractivity contribution in [1.29, 1.82) is 0 Å². The molecule has 1 aromatic heterocycles. The minimum atomic E-state index is -0.300. The zero-order valence-electron chi connectivity index (χ0n) is 25.8. The van der Waals surface area contributed by atoms with Gasteiger partial charge in [-0.05, 0) is 29.6 Å². The maximum absolute atomic E-state index is 12.7. The van der Waals surface area contributed by atoms with Crippen molar-refractivity contribution < 1.29 is 28.6 Å². The minimum Gasteiger partial charge on any atom is -0.377 e. The number of piperidine rings is 1. The number of nitrogens with one attached hydrogen (secondary N) is 1. The largest absolute Gasteiger partial charge is 0.377 e. The fourth-order valence-electron chi connectivity index (χ4n) is 5.20. The van der Waals surface area contributed by atoms with Crippen LogP contribution in [0.5, 0.6) is 0 Å². The second-order valence-corrected chi connectivity index (χ2v) is 13.1. The van der Waals surface area contributed by atoms with Gasteiger partial charge in [0.05, 0.1) is 64.8 Å². The average molecular weight is 579 g/mol. The molecule has 0 bridgehead atoms. The van der Waals surface area contributed by atoms with Crippen LogP contribution < -0.4 is 5.32 Å². The zero-order chi connectivity index (χ0) is 30.0. The highest BCUT2D eigenvalue weighted by molar-refractivity contribution is 6.03. The van der Waals surface area contributed by atoms with Gasteiger partial charge in [-0.15, -0.1) is 5.10 Å². The number of hydrogen-bond donors (Lipinski definition) is 1. The molecular weight excluding hydrogens is 528 g/mol. The Labute approximate surface area is 244 Å². The van der Waals surface area contributed by atoms with E-state index in [2.05, 4.69) is 36.4 Å².